The van der Waals surface area contributed by atoms with E-state index in [1.807, 2.05) is 19.0 Å². The lowest BCUT2D eigenvalue weighted by Gasteiger charge is -2.16. The molecular weight excluding hydrogens is 330 g/mol. The van der Waals surface area contributed by atoms with Crippen molar-refractivity contribution in [3.05, 3.63) is 40.1 Å². The first-order chi connectivity index (χ1) is 11.9. The monoisotopic (exact) mass is 347 g/mol. The summed E-state index contributed by atoms with van der Waals surface area (Å²) in [4.78, 5) is 25.6. The summed E-state index contributed by atoms with van der Waals surface area (Å²) >= 11 is 0. The third-order valence-electron chi connectivity index (χ3n) is 3.79. The molecule has 10 heteroatoms. The van der Waals surface area contributed by atoms with E-state index in [2.05, 4.69) is 10.2 Å². The van der Waals surface area contributed by atoms with Gasteiger partial charge in [-0.25, -0.2) is 0 Å². The van der Waals surface area contributed by atoms with E-state index in [0.717, 1.165) is 5.82 Å². The molecule has 2 aromatic heterocycles. The first-order valence-corrected chi connectivity index (χ1v) is 7.65. The van der Waals surface area contributed by atoms with Gasteiger partial charge in [-0.15, -0.1) is 10.2 Å². The normalized spacial score (nSPS) is 16.7. The second-order valence-electron chi connectivity index (χ2n) is 5.80. The number of rotatable bonds is 5. The second-order valence-corrected chi connectivity index (χ2v) is 5.80. The Morgan fingerprint density at radius 2 is 2.16 bits per heavy atom. The summed E-state index contributed by atoms with van der Waals surface area (Å²) in [5.74, 6) is 0.204. The third kappa shape index (κ3) is 3.67. The van der Waals surface area contributed by atoms with E-state index in [0.29, 0.717) is 25.4 Å². The van der Waals surface area contributed by atoms with Gasteiger partial charge in [0.1, 0.15) is 11.0 Å². The maximum Gasteiger partial charge on any atom is 0.433 e. The lowest BCUT2D eigenvalue weighted by atomic mass is 10.3. The summed E-state index contributed by atoms with van der Waals surface area (Å²) in [6.45, 7) is 0.825. The molecule has 0 N–H and O–H groups in total. The lowest BCUT2D eigenvalue weighted by molar-refractivity contribution is -0.402. The molecule has 0 aromatic carbocycles. The molecule has 1 saturated heterocycles. The van der Waals surface area contributed by atoms with Crippen molar-refractivity contribution in [2.24, 2.45) is 0 Å². The summed E-state index contributed by atoms with van der Waals surface area (Å²) in [5.41, 5.74) is 0. The van der Waals surface area contributed by atoms with Crippen LogP contribution in [0.5, 0.6) is 5.88 Å². The number of ether oxygens (including phenoxy) is 1. The Hall–Kier alpha value is -3.17. The quantitative estimate of drug-likeness (QED) is 0.588. The highest BCUT2D eigenvalue weighted by Gasteiger charge is 2.31. The molecule has 0 saturated carbocycles. The number of aromatic nitrogens is 2. The van der Waals surface area contributed by atoms with E-state index in [-0.39, 0.29) is 11.9 Å². The predicted molar refractivity (Wildman–Crippen MR) is 86.7 cm³/mol. The van der Waals surface area contributed by atoms with Crippen LogP contribution < -0.4 is 9.64 Å². The number of nitrogens with zero attached hydrogens (tertiary/aromatic N) is 5. The predicted octanol–water partition coefficient (Wildman–Crippen LogP) is 1.34. The molecule has 10 nitrogen and oxygen atoms in total. The fourth-order valence-corrected chi connectivity index (χ4v) is 2.49. The van der Waals surface area contributed by atoms with Crippen molar-refractivity contribution in [1.82, 2.24) is 15.1 Å². The minimum Gasteiger partial charge on any atom is -0.471 e. The average molecular weight is 347 g/mol. The number of amides is 1. The molecule has 0 aliphatic carbocycles. The highest BCUT2D eigenvalue weighted by Crippen LogP contribution is 2.22. The Balaban J connectivity index is 1.59. The summed E-state index contributed by atoms with van der Waals surface area (Å²) in [5, 5.41) is 18.7. The van der Waals surface area contributed by atoms with Crippen LogP contribution in [0.4, 0.5) is 11.7 Å². The van der Waals surface area contributed by atoms with Crippen molar-refractivity contribution in [2.75, 3.05) is 32.1 Å². The topological polar surface area (TPSA) is 115 Å². The van der Waals surface area contributed by atoms with Crippen LogP contribution in [-0.4, -0.2) is 59.2 Å². The highest BCUT2D eigenvalue weighted by atomic mass is 16.6. The van der Waals surface area contributed by atoms with Gasteiger partial charge in [-0.1, -0.05) is 0 Å². The van der Waals surface area contributed by atoms with Gasteiger partial charge in [0.05, 0.1) is 12.6 Å². The molecule has 0 spiro atoms. The minimum atomic E-state index is -0.678. The molecule has 1 unspecified atom stereocenters. The van der Waals surface area contributed by atoms with Gasteiger partial charge in [0.2, 0.25) is 5.88 Å². The summed E-state index contributed by atoms with van der Waals surface area (Å²) < 4.78 is 10.7. The molecule has 1 aliphatic rings. The van der Waals surface area contributed by atoms with Crippen LogP contribution in [0, 0.1) is 10.1 Å². The van der Waals surface area contributed by atoms with E-state index < -0.39 is 16.7 Å². The average Bonchev–Trinajstić information content (AvgIpc) is 3.24. The fraction of sp³-hybridized carbons (Fsp3) is 0.400. The number of nitro groups is 1. The SMILES string of the molecule is CN(C)c1ccc(OC2CCN(C(=O)c3ccc([N+](=O)[O-])o3)C2)nn1. The molecule has 2 aromatic rings. The molecular formula is C15H17N5O5. The molecule has 1 amide bonds. The van der Waals surface area contributed by atoms with Gasteiger partial charge in [0.25, 0.3) is 5.91 Å². The number of hydrogen-bond donors (Lipinski definition) is 0. The number of carbonyl (C=O) groups excluding carboxylic acids is 1. The van der Waals surface area contributed by atoms with Crippen LogP contribution in [0.25, 0.3) is 0 Å². The molecule has 25 heavy (non-hydrogen) atoms. The molecule has 132 valence electrons. The smallest absolute Gasteiger partial charge is 0.433 e. The molecule has 3 rings (SSSR count). The zero-order chi connectivity index (χ0) is 18.0. The Morgan fingerprint density at radius 1 is 1.36 bits per heavy atom. The number of furan rings is 1. The third-order valence-corrected chi connectivity index (χ3v) is 3.79. The Labute approximate surface area is 143 Å². The maximum absolute atomic E-state index is 12.3. The van der Waals surface area contributed by atoms with Crippen molar-refractivity contribution < 1.29 is 18.9 Å². The maximum atomic E-state index is 12.3. The van der Waals surface area contributed by atoms with E-state index in [9.17, 15) is 14.9 Å². The second kappa shape index (κ2) is 6.75. The Bertz CT molecular complexity index is 773. The van der Waals surface area contributed by atoms with Gasteiger partial charge in [0.15, 0.2) is 11.6 Å². The van der Waals surface area contributed by atoms with Gasteiger partial charge < -0.3 is 19.0 Å². The van der Waals surface area contributed by atoms with Crippen molar-refractivity contribution in [2.45, 2.75) is 12.5 Å². The minimum absolute atomic E-state index is 0.0533. The van der Waals surface area contributed by atoms with E-state index in [4.69, 9.17) is 9.15 Å². The largest absolute Gasteiger partial charge is 0.471 e. The zero-order valence-electron chi connectivity index (χ0n) is 13.8. The van der Waals surface area contributed by atoms with Crippen molar-refractivity contribution in [3.63, 3.8) is 0 Å². The fourth-order valence-electron chi connectivity index (χ4n) is 2.49. The van der Waals surface area contributed by atoms with Gasteiger partial charge in [-0.3, -0.25) is 14.9 Å². The van der Waals surface area contributed by atoms with E-state index >= 15 is 0 Å². The molecule has 1 atom stereocenters. The molecule has 0 radical (unpaired) electrons. The van der Waals surface area contributed by atoms with E-state index in [1.54, 1.807) is 12.1 Å². The molecule has 3 heterocycles. The first-order valence-electron chi connectivity index (χ1n) is 7.65. The standard InChI is InChI=1S/C15H17N5O5/c1-18(2)12-4-5-13(17-16-12)24-10-7-8-19(9-10)15(21)11-3-6-14(25-11)20(22)23/h3-6,10H,7-9H2,1-2H3. The summed E-state index contributed by atoms with van der Waals surface area (Å²) in [6.07, 6.45) is 0.416. The lowest BCUT2D eigenvalue weighted by Crippen LogP contribution is -2.30. The van der Waals surface area contributed by atoms with Crippen LogP contribution in [0.15, 0.2) is 28.7 Å². The number of likely N-dealkylation sites (tertiary alicyclic amines) is 1. The molecule has 1 aliphatic heterocycles. The van der Waals surface area contributed by atoms with Crippen LogP contribution in [0.1, 0.15) is 17.0 Å². The molecule has 1 fully saturated rings. The summed E-state index contributed by atoms with van der Waals surface area (Å²) in [7, 11) is 3.73. The van der Waals surface area contributed by atoms with Gasteiger partial charge >= 0.3 is 5.88 Å². The van der Waals surface area contributed by atoms with Gasteiger partial charge in [-0.05, 0) is 12.1 Å². The number of carbonyl (C=O) groups is 1. The van der Waals surface area contributed by atoms with Crippen molar-refractivity contribution >= 4 is 17.6 Å². The first kappa shape index (κ1) is 16.7. The number of hydrogen-bond acceptors (Lipinski definition) is 8. The van der Waals surface area contributed by atoms with Gasteiger partial charge in [-0.2, -0.15) is 0 Å². The van der Waals surface area contributed by atoms with E-state index in [1.165, 1.54) is 17.0 Å². The molecule has 0 bridgehead atoms. The van der Waals surface area contributed by atoms with Crippen molar-refractivity contribution in [3.8, 4) is 5.88 Å². The van der Waals surface area contributed by atoms with Crippen LogP contribution in [0.3, 0.4) is 0 Å². The summed E-state index contributed by atoms with van der Waals surface area (Å²) in [6, 6.07) is 5.99. The zero-order valence-corrected chi connectivity index (χ0v) is 13.8. The van der Waals surface area contributed by atoms with Crippen LogP contribution in [-0.2, 0) is 0 Å². The van der Waals surface area contributed by atoms with Crippen LogP contribution >= 0.6 is 0 Å². The Kier molecular flexibility index (Phi) is 4.50. The number of anilines is 1. The van der Waals surface area contributed by atoms with Crippen molar-refractivity contribution in [1.29, 1.82) is 0 Å². The highest BCUT2D eigenvalue weighted by molar-refractivity contribution is 5.92. The Morgan fingerprint density at radius 3 is 2.76 bits per heavy atom. The van der Waals surface area contributed by atoms with Gasteiger partial charge in [0, 0.05) is 33.1 Å². The van der Waals surface area contributed by atoms with Crippen LogP contribution in [0.2, 0.25) is 0 Å².